The Morgan fingerprint density at radius 2 is 1.29 bits per heavy atom. The van der Waals surface area contributed by atoms with Crippen LogP contribution in [0.15, 0.2) is 60.7 Å². The first-order valence-corrected chi connectivity index (χ1v) is 13.7. The van der Waals surface area contributed by atoms with Gasteiger partial charge in [0.1, 0.15) is 18.3 Å². The van der Waals surface area contributed by atoms with E-state index < -0.39 is 0 Å². The largest absolute Gasteiger partial charge is 0.493 e. The fourth-order valence-electron chi connectivity index (χ4n) is 3.76. The normalized spacial score (nSPS) is 9.51. The first-order valence-electron chi connectivity index (χ1n) is 13.7. The van der Waals surface area contributed by atoms with Crippen molar-refractivity contribution in [3.05, 3.63) is 71.8 Å². The Labute approximate surface area is 246 Å². The van der Waals surface area contributed by atoms with E-state index >= 15 is 0 Å². The van der Waals surface area contributed by atoms with E-state index in [1.807, 2.05) is 25.0 Å². The summed E-state index contributed by atoms with van der Waals surface area (Å²) in [4.78, 5) is 16.4. The van der Waals surface area contributed by atoms with Gasteiger partial charge in [-0.2, -0.15) is 0 Å². The molecule has 0 aliphatic carbocycles. The molecule has 0 aliphatic rings. The molecule has 0 atom stereocenters. The van der Waals surface area contributed by atoms with Crippen molar-refractivity contribution in [1.82, 2.24) is 0 Å². The number of aliphatic hydroxyl groups excluding tert-OH is 3. The van der Waals surface area contributed by atoms with E-state index in [0.29, 0.717) is 26.1 Å². The molecule has 0 heterocycles. The third kappa shape index (κ3) is 18.5. The molecule has 0 amide bonds. The van der Waals surface area contributed by atoms with Gasteiger partial charge >= 0.3 is 0 Å². The minimum atomic E-state index is -0.250. The molecule has 0 saturated carbocycles. The van der Waals surface area contributed by atoms with E-state index in [1.165, 1.54) is 43.2 Å². The van der Waals surface area contributed by atoms with Crippen molar-refractivity contribution in [2.45, 2.75) is 65.2 Å². The van der Waals surface area contributed by atoms with Crippen LogP contribution in [-0.2, 0) is 16.0 Å². The van der Waals surface area contributed by atoms with Gasteiger partial charge in [-0.05, 0) is 65.3 Å². The smallest absolute Gasteiger partial charge is 0.290 e. The van der Waals surface area contributed by atoms with Crippen LogP contribution in [0, 0.1) is 6.92 Å². The predicted octanol–water partition coefficient (Wildman–Crippen LogP) is 5.93. The summed E-state index contributed by atoms with van der Waals surface area (Å²) in [6.45, 7) is 14.7. The molecule has 2 aromatic rings. The van der Waals surface area contributed by atoms with Crippen LogP contribution < -0.4 is 9.47 Å². The topological polar surface area (TPSA) is 134 Å². The number of rotatable bonds is 17. The summed E-state index contributed by atoms with van der Waals surface area (Å²) in [5.74, 6) is 1.44. The maximum Gasteiger partial charge on any atom is 0.290 e. The molecule has 0 aliphatic heterocycles. The fraction of sp³-hybridized carbons (Fsp3) is 0.455. The Hall–Kier alpha value is -3.46. The number of unbranched alkanes of at least 4 members (excludes halogenated alkanes) is 4. The predicted molar refractivity (Wildman–Crippen MR) is 166 cm³/mol. The molecule has 4 N–H and O–H groups in total. The van der Waals surface area contributed by atoms with Gasteiger partial charge in [-0.3, -0.25) is 4.79 Å². The Bertz CT molecular complexity index is 947. The van der Waals surface area contributed by atoms with Gasteiger partial charge in [0, 0.05) is 26.0 Å². The van der Waals surface area contributed by atoms with E-state index in [1.54, 1.807) is 0 Å². The molecule has 8 heteroatoms. The lowest BCUT2D eigenvalue weighted by atomic mass is 9.96. The fourth-order valence-corrected chi connectivity index (χ4v) is 3.76. The van der Waals surface area contributed by atoms with Gasteiger partial charge in [-0.25, -0.2) is 0 Å². The molecular formula is C33H50O8. The molecule has 0 fully saturated rings. The maximum absolute atomic E-state index is 9.17. The number of aliphatic hydroxyl groups is 3. The molecule has 0 spiro atoms. The van der Waals surface area contributed by atoms with Gasteiger partial charge in [-0.1, -0.05) is 64.0 Å². The molecule has 2 rings (SSSR count). The zero-order valence-electron chi connectivity index (χ0n) is 25.1. The van der Waals surface area contributed by atoms with Crippen molar-refractivity contribution in [3.8, 4) is 22.6 Å². The highest BCUT2D eigenvalue weighted by atomic mass is 16.5. The number of ether oxygens (including phenoxy) is 2. The van der Waals surface area contributed by atoms with Crippen LogP contribution >= 0.6 is 0 Å². The number of carbonyl (C=O) groups is 2. The lowest BCUT2D eigenvalue weighted by molar-refractivity contribution is -0.122. The summed E-state index contributed by atoms with van der Waals surface area (Å²) < 4.78 is 11.9. The lowest BCUT2D eigenvalue weighted by Crippen LogP contribution is -2.03. The third-order valence-electron chi connectivity index (χ3n) is 6.00. The van der Waals surface area contributed by atoms with Crippen LogP contribution in [0.25, 0.3) is 11.1 Å². The number of benzene rings is 2. The Morgan fingerprint density at radius 3 is 1.73 bits per heavy atom. The number of carbonyl (C=O) groups excluding carboxylic acids is 1. The quantitative estimate of drug-likeness (QED) is 0.104. The van der Waals surface area contributed by atoms with E-state index in [2.05, 4.69) is 45.2 Å². The van der Waals surface area contributed by atoms with Crippen molar-refractivity contribution in [2.24, 2.45) is 0 Å². The van der Waals surface area contributed by atoms with Gasteiger partial charge in [0.2, 0.25) is 0 Å². The highest BCUT2D eigenvalue weighted by molar-refractivity contribution is 5.68. The van der Waals surface area contributed by atoms with Crippen molar-refractivity contribution in [3.63, 3.8) is 0 Å². The standard InChI is InChI=1S/C30H42O4.CH2O2.CH4O.CH2O/c1-5-6-7-8-9-10-26-11-12-27(17-25(26)4)28-18-29(33-15-13-23(2)21-31)20-30(19-28)34-16-14-24(3)22-32;2-1-3;2*1-2/h11-12,17-20,31-32H,2-3,5-10,13-16,21-22H2,1,4H3;1H,(H,2,3);2H,1H3;1H2. The van der Waals surface area contributed by atoms with E-state index in [0.717, 1.165) is 47.3 Å². The highest BCUT2D eigenvalue weighted by Gasteiger charge is 2.09. The molecule has 2 aromatic carbocycles. The second kappa shape index (κ2) is 26.7. The minimum absolute atomic E-state index is 0.0310. The average Bonchev–Trinajstić information content (AvgIpc) is 2.99. The van der Waals surface area contributed by atoms with Crippen molar-refractivity contribution >= 4 is 13.3 Å². The molecule has 0 bridgehead atoms. The van der Waals surface area contributed by atoms with E-state index in [4.69, 9.17) is 29.3 Å². The molecule has 0 radical (unpaired) electrons. The molecule has 0 unspecified atom stereocenters. The minimum Gasteiger partial charge on any atom is -0.493 e. The zero-order chi connectivity index (χ0) is 31.5. The van der Waals surface area contributed by atoms with Gasteiger partial charge in [0.05, 0.1) is 26.4 Å². The SMILES string of the molecule is C=C(CO)CCOc1cc(OCCC(=C)CO)cc(-c2ccc(CCCCCCC)c(C)c2)c1.C=O.CO.O=CO. The van der Waals surface area contributed by atoms with Gasteiger partial charge < -0.3 is 34.7 Å². The first-order chi connectivity index (χ1) is 19.9. The second-order valence-corrected chi connectivity index (χ2v) is 9.12. The molecule has 230 valence electrons. The van der Waals surface area contributed by atoms with Crippen LogP contribution in [0.3, 0.4) is 0 Å². The summed E-state index contributed by atoms with van der Waals surface area (Å²) in [7, 11) is 1.00. The number of carboxylic acid groups (broad SMARTS) is 1. The molecule has 41 heavy (non-hydrogen) atoms. The summed E-state index contributed by atoms with van der Waals surface area (Å²) in [5.41, 5.74) is 6.37. The van der Waals surface area contributed by atoms with Gasteiger partial charge in [0.15, 0.2) is 0 Å². The number of hydrogen-bond donors (Lipinski definition) is 4. The van der Waals surface area contributed by atoms with Crippen LogP contribution in [0.2, 0.25) is 0 Å². The van der Waals surface area contributed by atoms with Crippen molar-refractivity contribution in [2.75, 3.05) is 33.5 Å². The Balaban J connectivity index is 0. The van der Waals surface area contributed by atoms with Crippen molar-refractivity contribution in [1.29, 1.82) is 0 Å². The third-order valence-corrected chi connectivity index (χ3v) is 6.00. The lowest BCUT2D eigenvalue weighted by Gasteiger charge is -2.14. The zero-order valence-corrected chi connectivity index (χ0v) is 25.1. The van der Waals surface area contributed by atoms with Crippen LogP contribution in [-0.4, -0.2) is 67.2 Å². The van der Waals surface area contributed by atoms with Gasteiger partial charge in [0.25, 0.3) is 6.47 Å². The maximum atomic E-state index is 9.17. The molecular weight excluding hydrogens is 524 g/mol. The van der Waals surface area contributed by atoms with Crippen LogP contribution in [0.1, 0.15) is 63.0 Å². The Kier molecular flexibility index (Phi) is 25.9. The van der Waals surface area contributed by atoms with Crippen LogP contribution in [0.5, 0.6) is 11.5 Å². The van der Waals surface area contributed by atoms with E-state index in [9.17, 15) is 10.2 Å². The average molecular weight is 575 g/mol. The summed E-state index contributed by atoms with van der Waals surface area (Å²) in [5, 5.41) is 32.2. The van der Waals surface area contributed by atoms with Gasteiger partial charge in [-0.15, -0.1) is 0 Å². The summed E-state index contributed by atoms with van der Waals surface area (Å²) in [6.07, 6.45) is 8.76. The van der Waals surface area contributed by atoms with Crippen LogP contribution in [0.4, 0.5) is 0 Å². The number of aryl methyl sites for hydroxylation is 2. The van der Waals surface area contributed by atoms with Crippen molar-refractivity contribution < 1.29 is 39.5 Å². The number of hydrogen-bond acceptors (Lipinski definition) is 7. The molecule has 0 saturated heterocycles. The monoisotopic (exact) mass is 574 g/mol. The second-order valence-electron chi connectivity index (χ2n) is 9.12. The Morgan fingerprint density at radius 1 is 0.805 bits per heavy atom. The first kappa shape index (κ1) is 39.7. The summed E-state index contributed by atoms with van der Waals surface area (Å²) >= 11 is 0. The molecule has 0 aromatic heterocycles. The molecule has 8 nitrogen and oxygen atoms in total. The summed E-state index contributed by atoms with van der Waals surface area (Å²) in [6, 6.07) is 12.6. The van der Waals surface area contributed by atoms with E-state index in [-0.39, 0.29) is 19.7 Å². The highest BCUT2D eigenvalue weighted by Crippen LogP contribution is 2.32.